The van der Waals surface area contributed by atoms with Crippen molar-refractivity contribution in [1.82, 2.24) is 0 Å². The number of hydrogen-bond acceptors (Lipinski definition) is 0. The number of benzene rings is 1. The average Bonchev–Trinajstić information content (AvgIpc) is 2.75. The Labute approximate surface area is 177 Å². The molecule has 2 saturated carbocycles. The minimum Gasteiger partial charge on any atom is -0.204 e. The Morgan fingerprint density at radius 1 is 0.759 bits per heavy atom. The normalized spacial score (nSPS) is 28.1. The van der Waals surface area contributed by atoms with Crippen LogP contribution in [0.25, 0.3) is 0 Å². The van der Waals surface area contributed by atoms with E-state index >= 15 is 0 Å². The fourth-order valence-electron chi connectivity index (χ4n) is 5.43. The van der Waals surface area contributed by atoms with Crippen LogP contribution in [0, 0.1) is 29.4 Å². The Kier molecular flexibility index (Phi) is 9.21. The van der Waals surface area contributed by atoms with E-state index in [1.165, 1.54) is 89.2 Å². The molecule has 0 amide bonds. The molecule has 2 fully saturated rings. The van der Waals surface area contributed by atoms with Gasteiger partial charge in [0.1, 0.15) is 0 Å². The van der Waals surface area contributed by atoms with Crippen LogP contribution in [0.15, 0.2) is 30.4 Å². The summed E-state index contributed by atoms with van der Waals surface area (Å²) in [6, 6.07) is 4.44. The van der Waals surface area contributed by atoms with E-state index in [1.807, 2.05) is 0 Å². The molecule has 0 aromatic heterocycles. The zero-order valence-corrected chi connectivity index (χ0v) is 18.4. The molecule has 162 valence electrons. The standard InChI is InChI=1S/C27H40F2/c1-2-3-4-5-6-7-21-8-10-22(11-9-21)12-13-23-14-16-24(17-15-23)25-18-19-26(28)27(29)20-25/h12-13,18-24H,2-11,14-17H2,1H3/b13-12+. The lowest BCUT2D eigenvalue weighted by molar-refractivity contribution is 0.287. The number of rotatable bonds is 9. The molecule has 2 heteroatoms. The lowest BCUT2D eigenvalue weighted by atomic mass is 9.76. The highest BCUT2D eigenvalue weighted by Gasteiger charge is 2.23. The first-order chi connectivity index (χ1) is 14.2. The van der Waals surface area contributed by atoms with Gasteiger partial charge in [0.15, 0.2) is 11.6 Å². The molecule has 0 unspecified atom stereocenters. The summed E-state index contributed by atoms with van der Waals surface area (Å²) in [5, 5.41) is 0. The fraction of sp³-hybridized carbons (Fsp3) is 0.704. The lowest BCUT2D eigenvalue weighted by Gasteiger charge is -2.29. The van der Waals surface area contributed by atoms with Crippen molar-refractivity contribution in [3.63, 3.8) is 0 Å². The lowest BCUT2D eigenvalue weighted by Crippen LogP contribution is -2.15. The molecule has 0 atom stereocenters. The summed E-state index contributed by atoms with van der Waals surface area (Å²) in [5.74, 6) is 1.39. The molecule has 3 rings (SSSR count). The molecule has 1 aromatic rings. The van der Waals surface area contributed by atoms with Gasteiger partial charge >= 0.3 is 0 Å². The predicted molar refractivity (Wildman–Crippen MR) is 119 cm³/mol. The molecule has 0 N–H and O–H groups in total. The van der Waals surface area contributed by atoms with Gasteiger partial charge in [-0.15, -0.1) is 0 Å². The first-order valence-electron chi connectivity index (χ1n) is 12.3. The molecule has 0 saturated heterocycles. The van der Waals surface area contributed by atoms with Crippen molar-refractivity contribution in [2.45, 2.75) is 103 Å². The van der Waals surface area contributed by atoms with Crippen molar-refractivity contribution < 1.29 is 8.78 Å². The van der Waals surface area contributed by atoms with Gasteiger partial charge in [-0.1, -0.05) is 63.7 Å². The molecule has 2 aliphatic carbocycles. The minimum atomic E-state index is -0.739. The van der Waals surface area contributed by atoms with Crippen LogP contribution in [0.3, 0.4) is 0 Å². The van der Waals surface area contributed by atoms with Crippen molar-refractivity contribution in [3.05, 3.63) is 47.5 Å². The first kappa shape index (κ1) is 22.5. The van der Waals surface area contributed by atoms with Gasteiger partial charge in [-0.25, -0.2) is 8.78 Å². The summed E-state index contributed by atoms with van der Waals surface area (Å²) < 4.78 is 26.6. The number of allylic oxidation sites excluding steroid dienone is 2. The largest absolute Gasteiger partial charge is 0.204 e. The van der Waals surface area contributed by atoms with Crippen molar-refractivity contribution in [2.75, 3.05) is 0 Å². The second-order valence-electron chi connectivity index (χ2n) is 9.65. The van der Waals surface area contributed by atoms with Crippen LogP contribution in [-0.4, -0.2) is 0 Å². The van der Waals surface area contributed by atoms with Gasteiger partial charge in [0.25, 0.3) is 0 Å². The molecule has 2 aliphatic rings. The zero-order valence-electron chi connectivity index (χ0n) is 18.4. The highest BCUT2D eigenvalue weighted by atomic mass is 19.2. The summed E-state index contributed by atoms with van der Waals surface area (Å²) in [6.07, 6.45) is 23.6. The summed E-state index contributed by atoms with van der Waals surface area (Å²) in [4.78, 5) is 0. The second kappa shape index (κ2) is 11.9. The SMILES string of the molecule is CCCCCCCC1CCC(/C=C/C2CCC(c3ccc(F)c(F)c3)CC2)CC1. The van der Waals surface area contributed by atoms with Crippen LogP contribution in [0.4, 0.5) is 8.78 Å². The number of halogens is 2. The topological polar surface area (TPSA) is 0 Å². The second-order valence-corrected chi connectivity index (χ2v) is 9.65. The predicted octanol–water partition coefficient (Wildman–Crippen LogP) is 8.96. The van der Waals surface area contributed by atoms with Crippen molar-refractivity contribution in [1.29, 1.82) is 0 Å². The Hall–Kier alpha value is -1.18. The van der Waals surface area contributed by atoms with E-state index in [0.717, 1.165) is 30.2 Å². The van der Waals surface area contributed by atoms with Gasteiger partial charge in [-0.2, -0.15) is 0 Å². The monoisotopic (exact) mass is 402 g/mol. The molecule has 29 heavy (non-hydrogen) atoms. The van der Waals surface area contributed by atoms with Gasteiger partial charge in [-0.3, -0.25) is 0 Å². The van der Waals surface area contributed by atoms with Crippen LogP contribution in [0.2, 0.25) is 0 Å². The van der Waals surface area contributed by atoms with Gasteiger partial charge in [0, 0.05) is 0 Å². The van der Waals surface area contributed by atoms with E-state index in [4.69, 9.17) is 0 Å². The van der Waals surface area contributed by atoms with Crippen LogP contribution in [0.5, 0.6) is 0 Å². The quantitative estimate of drug-likeness (QED) is 0.285. The van der Waals surface area contributed by atoms with E-state index in [-0.39, 0.29) is 0 Å². The zero-order chi connectivity index (χ0) is 20.5. The highest BCUT2D eigenvalue weighted by Crippen LogP contribution is 2.38. The Morgan fingerprint density at radius 3 is 2.00 bits per heavy atom. The fourth-order valence-corrected chi connectivity index (χ4v) is 5.43. The molecule has 0 radical (unpaired) electrons. The first-order valence-corrected chi connectivity index (χ1v) is 12.3. The molecule has 0 spiro atoms. The molecular weight excluding hydrogens is 362 g/mol. The van der Waals surface area contributed by atoms with Crippen LogP contribution >= 0.6 is 0 Å². The van der Waals surface area contributed by atoms with Crippen LogP contribution in [-0.2, 0) is 0 Å². The Bertz CT molecular complexity index is 619. The molecule has 0 heterocycles. The molecule has 0 aliphatic heterocycles. The van der Waals surface area contributed by atoms with Crippen molar-refractivity contribution >= 4 is 0 Å². The number of hydrogen-bond donors (Lipinski definition) is 0. The summed E-state index contributed by atoms with van der Waals surface area (Å²) in [6.45, 7) is 2.28. The third kappa shape index (κ3) is 7.23. The van der Waals surface area contributed by atoms with E-state index in [1.54, 1.807) is 6.07 Å². The van der Waals surface area contributed by atoms with Crippen molar-refractivity contribution in [2.24, 2.45) is 17.8 Å². The maximum atomic E-state index is 13.5. The van der Waals surface area contributed by atoms with Gasteiger partial charge in [0.2, 0.25) is 0 Å². The van der Waals surface area contributed by atoms with E-state index in [9.17, 15) is 8.78 Å². The van der Waals surface area contributed by atoms with Crippen LogP contribution in [0.1, 0.15) is 108 Å². The third-order valence-electron chi connectivity index (χ3n) is 7.45. The molecule has 0 nitrogen and oxygen atoms in total. The Morgan fingerprint density at radius 2 is 1.38 bits per heavy atom. The van der Waals surface area contributed by atoms with Gasteiger partial charge < -0.3 is 0 Å². The maximum Gasteiger partial charge on any atom is 0.159 e. The van der Waals surface area contributed by atoms with Gasteiger partial charge in [-0.05, 0) is 92.7 Å². The maximum absolute atomic E-state index is 13.5. The highest BCUT2D eigenvalue weighted by molar-refractivity contribution is 5.22. The average molecular weight is 403 g/mol. The molecular formula is C27H40F2. The van der Waals surface area contributed by atoms with Gasteiger partial charge in [0.05, 0.1) is 0 Å². The van der Waals surface area contributed by atoms with E-state index in [0.29, 0.717) is 11.8 Å². The minimum absolute atomic E-state index is 0.391. The van der Waals surface area contributed by atoms with E-state index in [2.05, 4.69) is 19.1 Å². The van der Waals surface area contributed by atoms with Crippen LogP contribution < -0.4 is 0 Å². The van der Waals surface area contributed by atoms with E-state index < -0.39 is 11.6 Å². The molecule has 0 bridgehead atoms. The van der Waals surface area contributed by atoms with Crippen molar-refractivity contribution in [3.8, 4) is 0 Å². The summed E-state index contributed by atoms with van der Waals surface area (Å²) in [7, 11) is 0. The third-order valence-corrected chi connectivity index (χ3v) is 7.45. The summed E-state index contributed by atoms with van der Waals surface area (Å²) >= 11 is 0. The molecule has 1 aromatic carbocycles. The summed E-state index contributed by atoms with van der Waals surface area (Å²) in [5.41, 5.74) is 0.972. The number of unbranched alkanes of at least 4 members (excludes halogenated alkanes) is 4. The Balaban J connectivity index is 1.33. The smallest absolute Gasteiger partial charge is 0.159 e.